The van der Waals surface area contributed by atoms with Crippen molar-refractivity contribution in [3.63, 3.8) is 0 Å². The van der Waals surface area contributed by atoms with Gasteiger partial charge in [-0.3, -0.25) is 4.98 Å². The minimum atomic E-state index is 0.617. The second-order valence-electron chi connectivity index (χ2n) is 12.0. The van der Waals surface area contributed by atoms with Gasteiger partial charge in [0.2, 0.25) is 0 Å². The first-order chi connectivity index (χ1) is 23.7. The summed E-state index contributed by atoms with van der Waals surface area (Å²) < 4.78 is 0. The number of para-hydroxylation sites is 1. The molecule has 0 amide bonds. The Labute approximate surface area is 278 Å². The first-order valence-corrected chi connectivity index (χ1v) is 16.0. The maximum Gasteiger partial charge on any atom is 0.164 e. The molecular weight excluding hydrogens is 585 g/mol. The van der Waals surface area contributed by atoms with Gasteiger partial charge in [-0.05, 0) is 74.6 Å². The quantitative estimate of drug-likeness (QED) is 0.181. The molecule has 9 rings (SSSR count). The van der Waals surface area contributed by atoms with Crippen LogP contribution in [0.25, 0.3) is 88.9 Å². The van der Waals surface area contributed by atoms with Crippen LogP contribution in [-0.2, 0) is 0 Å². The molecule has 0 saturated heterocycles. The molecule has 0 aliphatic carbocycles. The predicted molar refractivity (Wildman–Crippen MR) is 197 cm³/mol. The second-order valence-corrected chi connectivity index (χ2v) is 12.0. The zero-order valence-electron chi connectivity index (χ0n) is 26.0. The van der Waals surface area contributed by atoms with Crippen LogP contribution in [0.1, 0.15) is 0 Å². The second kappa shape index (κ2) is 11.7. The third-order valence-electron chi connectivity index (χ3n) is 8.89. The minimum Gasteiger partial charge on any atom is -0.256 e. The number of hydrogen-bond acceptors (Lipinski definition) is 4. The molecular formula is C44H28N4. The molecule has 0 bridgehead atoms. The summed E-state index contributed by atoms with van der Waals surface area (Å²) in [6.45, 7) is 0. The number of aromatic nitrogens is 4. The van der Waals surface area contributed by atoms with Crippen LogP contribution in [0, 0.1) is 0 Å². The van der Waals surface area contributed by atoms with Gasteiger partial charge >= 0.3 is 0 Å². The van der Waals surface area contributed by atoms with Crippen molar-refractivity contribution in [2.75, 3.05) is 0 Å². The maximum atomic E-state index is 5.07. The Morgan fingerprint density at radius 3 is 1.54 bits per heavy atom. The fraction of sp³-hybridized carbons (Fsp3) is 0. The van der Waals surface area contributed by atoms with Gasteiger partial charge in [0.25, 0.3) is 0 Å². The van der Waals surface area contributed by atoms with Crippen molar-refractivity contribution < 1.29 is 0 Å². The third kappa shape index (κ3) is 5.16. The van der Waals surface area contributed by atoms with Crippen molar-refractivity contribution >= 4 is 32.4 Å². The molecule has 4 nitrogen and oxygen atoms in total. The van der Waals surface area contributed by atoms with Gasteiger partial charge in [0.1, 0.15) is 0 Å². The molecule has 9 aromatic rings. The highest BCUT2D eigenvalue weighted by Gasteiger charge is 2.15. The zero-order valence-corrected chi connectivity index (χ0v) is 26.0. The molecule has 7 aromatic carbocycles. The number of hydrogen-bond donors (Lipinski definition) is 0. The molecule has 48 heavy (non-hydrogen) atoms. The Morgan fingerprint density at radius 1 is 0.292 bits per heavy atom. The van der Waals surface area contributed by atoms with Crippen LogP contribution in [0.3, 0.4) is 0 Å². The highest BCUT2D eigenvalue weighted by atomic mass is 15.0. The van der Waals surface area contributed by atoms with Crippen molar-refractivity contribution in [3.8, 4) is 56.4 Å². The van der Waals surface area contributed by atoms with Crippen LogP contribution < -0.4 is 0 Å². The summed E-state index contributed by atoms with van der Waals surface area (Å²) in [7, 11) is 0. The Balaban J connectivity index is 1.27. The van der Waals surface area contributed by atoms with Crippen molar-refractivity contribution in [3.05, 3.63) is 170 Å². The number of nitrogens with zero attached hydrogens (tertiary/aromatic N) is 4. The van der Waals surface area contributed by atoms with E-state index >= 15 is 0 Å². The van der Waals surface area contributed by atoms with E-state index in [0.29, 0.717) is 17.5 Å². The summed E-state index contributed by atoms with van der Waals surface area (Å²) in [6, 6.07) is 56.9. The molecule has 0 N–H and O–H groups in total. The van der Waals surface area contributed by atoms with Gasteiger partial charge in [-0.25, -0.2) is 15.0 Å². The van der Waals surface area contributed by atoms with Crippen LogP contribution in [0.15, 0.2) is 170 Å². The first kappa shape index (κ1) is 27.8. The summed E-state index contributed by atoms with van der Waals surface area (Å²) in [6.07, 6.45) is 1.95. The summed E-state index contributed by atoms with van der Waals surface area (Å²) >= 11 is 0. The van der Waals surface area contributed by atoms with Gasteiger partial charge in [0.15, 0.2) is 17.5 Å². The zero-order chi connectivity index (χ0) is 31.9. The molecule has 2 aromatic heterocycles. The molecule has 0 unspecified atom stereocenters. The highest BCUT2D eigenvalue weighted by Crippen LogP contribution is 2.36. The molecule has 0 atom stereocenters. The van der Waals surface area contributed by atoms with Crippen LogP contribution in [0.4, 0.5) is 0 Å². The molecule has 0 fully saturated rings. The standard InChI is InChI=1S/C44H28N4/c1-3-12-30(13-4-1)42-46-43(31-14-5-2-6-15-31)48-44(47-42)37-26-35(25-36(27-37)38-24-34-16-8-10-18-41(34)45-28-38)32-21-22-40-33(23-32)20-19-29-11-7-9-17-39(29)40/h1-28H. The van der Waals surface area contributed by atoms with Crippen molar-refractivity contribution in [2.24, 2.45) is 0 Å². The van der Waals surface area contributed by atoms with E-state index in [1.54, 1.807) is 0 Å². The monoisotopic (exact) mass is 612 g/mol. The Kier molecular flexibility index (Phi) is 6.76. The SMILES string of the molecule is c1ccc(-c2nc(-c3ccccc3)nc(-c3cc(-c4cnc5ccccc5c4)cc(-c4ccc5c(ccc6ccccc65)c4)c3)n2)cc1. The number of rotatable bonds is 5. The predicted octanol–water partition coefficient (Wildman–Crippen LogP) is 11.1. The fourth-order valence-corrected chi connectivity index (χ4v) is 6.45. The normalized spacial score (nSPS) is 11.3. The lowest BCUT2D eigenvalue weighted by Gasteiger charge is -2.13. The number of pyridine rings is 1. The largest absolute Gasteiger partial charge is 0.256 e. The number of fused-ring (bicyclic) bond motifs is 4. The number of benzene rings is 7. The van der Waals surface area contributed by atoms with E-state index in [4.69, 9.17) is 19.9 Å². The topological polar surface area (TPSA) is 51.6 Å². The molecule has 0 radical (unpaired) electrons. The van der Waals surface area contributed by atoms with E-state index < -0.39 is 0 Å². The molecule has 0 aliphatic heterocycles. The lowest BCUT2D eigenvalue weighted by Crippen LogP contribution is -2.00. The van der Waals surface area contributed by atoms with Gasteiger partial charge < -0.3 is 0 Å². The van der Waals surface area contributed by atoms with E-state index in [1.165, 1.54) is 21.5 Å². The Hall–Kier alpha value is -6.52. The highest BCUT2D eigenvalue weighted by molar-refractivity contribution is 6.08. The average Bonchev–Trinajstić information content (AvgIpc) is 3.17. The Morgan fingerprint density at radius 2 is 0.812 bits per heavy atom. The fourth-order valence-electron chi connectivity index (χ4n) is 6.45. The van der Waals surface area contributed by atoms with Gasteiger partial charge in [0, 0.05) is 33.8 Å². The lowest BCUT2D eigenvalue weighted by atomic mass is 9.93. The van der Waals surface area contributed by atoms with Crippen LogP contribution in [0.5, 0.6) is 0 Å². The summed E-state index contributed by atoms with van der Waals surface area (Å²) in [4.78, 5) is 19.9. The van der Waals surface area contributed by atoms with E-state index in [-0.39, 0.29) is 0 Å². The van der Waals surface area contributed by atoms with E-state index in [1.807, 2.05) is 79.0 Å². The van der Waals surface area contributed by atoms with Crippen LogP contribution in [0.2, 0.25) is 0 Å². The van der Waals surface area contributed by atoms with Gasteiger partial charge in [-0.1, -0.05) is 127 Å². The van der Waals surface area contributed by atoms with Crippen LogP contribution in [-0.4, -0.2) is 19.9 Å². The summed E-state index contributed by atoms with van der Waals surface area (Å²) in [5.41, 5.74) is 8.03. The van der Waals surface area contributed by atoms with Gasteiger partial charge in [-0.2, -0.15) is 0 Å². The smallest absolute Gasteiger partial charge is 0.164 e. The van der Waals surface area contributed by atoms with Crippen molar-refractivity contribution in [1.82, 2.24) is 19.9 Å². The van der Waals surface area contributed by atoms with E-state index in [0.717, 1.165) is 49.8 Å². The molecule has 2 heterocycles. The lowest BCUT2D eigenvalue weighted by molar-refractivity contribution is 1.07. The molecule has 0 spiro atoms. The van der Waals surface area contributed by atoms with Crippen molar-refractivity contribution in [1.29, 1.82) is 0 Å². The summed E-state index contributed by atoms with van der Waals surface area (Å²) in [5.74, 6) is 1.89. The van der Waals surface area contributed by atoms with Gasteiger partial charge in [0.05, 0.1) is 5.52 Å². The third-order valence-corrected chi connectivity index (χ3v) is 8.89. The Bertz CT molecular complexity index is 2560. The van der Waals surface area contributed by atoms with E-state index in [2.05, 4.69) is 91.0 Å². The van der Waals surface area contributed by atoms with E-state index in [9.17, 15) is 0 Å². The van der Waals surface area contributed by atoms with Crippen LogP contribution >= 0.6 is 0 Å². The molecule has 4 heteroatoms. The maximum absolute atomic E-state index is 5.07. The molecule has 224 valence electrons. The first-order valence-electron chi connectivity index (χ1n) is 16.0. The average molecular weight is 613 g/mol. The minimum absolute atomic E-state index is 0.617. The molecule has 0 aliphatic rings. The summed E-state index contributed by atoms with van der Waals surface area (Å²) in [5, 5.41) is 6.03. The molecule has 0 saturated carbocycles. The van der Waals surface area contributed by atoms with Crippen molar-refractivity contribution in [2.45, 2.75) is 0 Å². The van der Waals surface area contributed by atoms with Gasteiger partial charge in [-0.15, -0.1) is 0 Å².